The van der Waals surface area contributed by atoms with E-state index in [9.17, 15) is 4.79 Å². The van der Waals surface area contributed by atoms with Crippen LogP contribution in [0.4, 0.5) is 0 Å². The normalized spacial score (nSPS) is 19.4. The van der Waals surface area contributed by atoms with Crippen molar-refractivity contribution in [2.24, 2.45) is 4.99 Å². The number of carbonyl (C=O) groups is 1. The Labute approximate surface area is 99.1 Å². The fourth-order valence-corrected chi connectivity index (χ4v) is 2.04. The van der Waals surface area contributed by atoms with Gasteiger partial charge in [-0.3, -0.25) is 4.99 Å². The Kier molecular flexibility index (Phi) is 3.25. The molecule has 1 atom stereocenters. The maximum absolute atomic E-state index is 11.3. The number of hydrogen-bond donors (Lipinski definition) is 0. The van der Waals surface area contributed by atoms with E-state index in [1.54, 1.807) is 0 Å². The van der Waals surface area contributed by atoms with E-state index in [1.807, 2.05) is 24.3 Å². The van der Waals surface area contributed by atoms with Crippen LogP contribution in [0.25, 0.3) is 0 Å². The molecule has 0 spiro atoms. The van der Waals surface area contributed by atoms with Crippen LogP contribution in [-0.4, -0.2) is 24.8 Å². The summed E-state index contributed by atoms with van der Waals surface area (Å²) in [6.45, 7) is 0. The van der Waals surface area contributed by atoms with Gasteiger partial charge in [-0.15, -0.1) is 0 Å². The number of nitrogens with zero attached hydrogens (tertiary/aromatic N) is 1. The van der Waals surface area contributed by atoms with Gasteiger partial charge >= 0.3 is 5.97 Å². The second-order valence-corrected chi connectivity index (χ2v) is 4.04. The zero-order valence-electron chi connectivity index (χ0n) is 8.94. The molecule has 0 aromatic heterocycles. The molecular weight excluding hydrogens is 226 g/mol. The van der Waals surface area contributed by atoms with Crippen molar-refractivity contribution in [3.63, 3.8) is 0 Å². The van der Waals surface area contributed by atoms with Crippen LogP contribution in [0.15, 0.2) is 29.3 Å². The molecule has 0 amide bonds. The maximum atomic E-state index is 11.3. The van der Waals surface area contributed by atoms with Crippen molar-refractivity contribution >= 4 is 23.3 Å². The average molecular weight is 238 g/mol. The predicted molar refractivity (Wildman–Crippen MR) is 63.0 cm³/mol. The standard InChI is InChI=1S/C12H12ClNO2/c1-16-12(15)11-7-6-10(14-11)8-4-2-3-5-9(8)13/h2-5,11H,6-7H2,1H3. The molecule has 0 aliphatic carbocycles. The summed E-state index contributed by atoms with van der Waals surface area (Å²) in [5.41, 5.74) is 1.80. The lowest BCUT2D eigenvalue weighted by Crippen LogP contribution is -2.16. The van der Waals surface area contributed by atoms with Crippen molar-refractivity contribution in [2.75, 3.05) is 7.11 Å². The Hall–Kier alpha value is -1.35. The number of carbonyl (C=O) groups excluding carboxylic acids is 1. The van der Waals surface area contributed by atoms with E-state index in [4.69, 9.17) is 11.6 Å². The van der Waals surface area contributed by atoms with Gasteiger partial charge in [-0.1, -0.05) is 29.8 Å². The molecular formula is C12H12ClNO2. The van der Waals surface area contributed by atoms with Crippen molar-refractivity contribution < 1.29 is 9.53 Å². The quantitative estimate of drug-likeness (QED) is 0.742. The number of ether oxygens (including phenoxy) is 1. The smallest absolute Gasteiger partial charge is 0.330 e. The van der Waals surface area contributed by atoms with Crippen molar-refractivity contribution in [2.45, 2.75) is 18.9 Å². The molecule has 0 N–H and O–H groups in total. The molecule has 3 nitrogen and oxygen atoms in total. The molecule has 2 rings (SSSR count). The summed E-state index contributed by atoms with van der Waals surface area (Å²) < 4.78 is 4.67. The van der Waals surface area contributed by atoms with E-state index in [1.165, 1.54) is 7.11 Å². The van der Waals surface area contributed by atoms with Crippen LogP contribution in [0.3, 0.4) is 0 Å². The van der Waals surface area contributed by atoms with Crippen molar-refractivity contribution in [1.29, 1.82) is 0 Å². The molecule has 0 radical (unpaired) electrons. The third-order valence-electron chi connectivity index (χ3n) is 2.62. The molecule has 16 heavy (non-hydrogen) atoms. The van der Waals surface area contributed by atoms with Gasteiger partial charge in [0.15, 0.2) is 0 Å². The third kappa shape index (κ3) is 2.09. The number of rotatable bonds is 2. The lowest BCUT2D eigenvalue weighted by molar-refractivity contribution is -0.141. The summed E-state index contributed by atoms with van der Waals surface area (Å²) >= 11 is 6.07. The second-order valence-electron chi connectivity index (χ2n) is 3.63. The minimum Gasteiger partial charge on any atom is -0.467 e. The van der Waals surface area contributed by atoms with Gasteiger partial charge in [-0.25, -0.2) is 4.79 Å². The number of halogens is 1. The second kappa shape index (κ2) is 4.66. The van der Waals surface area contributed by atoms with E-state index in [-0.39, 0.29) is 12.0 Å². The van der Waals surface area contributed by atoms with Gasteiger partial charge in [0.05, 0.1) is 7.11 Å². The van der Waals surface area contributed by atoms with Gasteiger partial charge < -0.3 is 4.74 Å². The van der Waals surface area contributed by atoms with Crippen LogP contribution in [-0.2, 0) is 9.53 Å². The lowest BCUT2D eigenvalue weighted by atomic mass is 10.1. The van der Waals surface area contributed by atoms with Gasteiger partial charge in [0.2, 0.25) is 0 Å². The Bertz CT molecular complexity index is 442. The Morgan fingerprint density at radius 3 is 2.94 bits per heavy atom. The summed E-state index contributed by atoms with van der Waals surface area (Å²) in [5.74, 6) is -0.276. The van der Waals surface area contributed by atoms with E-state index >= 15 is 0 Å². The Morgan fingerprint density at radius 1 is 1.50 bits per heavy atom. The van der Waals surface area contributed by atoms with Crippen LogP contribution in [0, 0.1) is 0 Å². The van der Waals surface area contributed by atoms with Crippen LogP contribution in [0.5, 0.6) is 0 Å². The Morgan fingerprint density at radius 2 is 2.25 bits per heavy atom. The minimum absolute atomic E-state index is 0.276. The van der Waals surface area contributed by atoms with E-state index in [0.29, 0.717) is 11.4 Å². The van der Waals surface area contributed by atoms with E-state index < -0.39 is 0 Å². The fourth-order valence-electron chi connectivity index (χ4n) is 1.80. The molecule has 1 unspecified atom stereocenters. The first kappa shape index (κ1) is 11.1. The highest BCUT2D eigenvalue weighted by molar-refractivity contribution is 6.34. The Balaban J connectivity index is 2.25. The van der Waals surface area contributed by atoms with Gasteiger partial charge in [-0.05, 0) is 18.9 Å². The largest absolute Gasteiger partial charge is 0.467 e. The lowest BCUT2D eigenvalue weighted by Gasteiger charge is -2.03. The van der Waals surface area contributed by atoms with Crippen LogP contribution in [0.2, 0.25) is 5.02 Å². The monoisotopic (exact) mass is 237 g/mol. The predicted octanol–water partition coefficient (Wildman–Crippen LogP) is 2.46. The molecule has 84 valence electrons. The zero-order valence-corrected chi connectivity index (χ0v) is 9.70. The van der Waals surface area contributed by atoms with Crippen molar-refractivity contribution in [3.8, 4) is 0 Å². The zero-order chi connectivity index (χ0) is 11.5. The number of aliphatic imine (C=N–C) groups is 1. The van der Waals surface area contributed by atoms with Gasteiger partial charge in [0.25, 0.3) is 0 Å². The van der Waals surface area contributed by atoms with Gasteiger partial charge in [0, 0.05) is 16.3 Å². The fraction of sp³-hybridized carbons (Fsp3) is 0.333. The van der Waals surface area contributed by atoms with Crippen molar-refractivity contribution in [1.82, 2.24) is 0 Å². The topological polar surface area (TPSA) is 38.7 Å². The molecule has 1 heterocycles. The molecule has 0 bridgehead atoms. The number of hydrogen-bond acceptors (Lipinski definition) is 3. The molecule has 0 fully saturated rings. The average Bonchev–Trinajstić information content (AvgIpc) is 2.78. The SMILES string of the molecule is COC(=O)C1CCC(c2ccccc2Cl)=N1. The summed E-state index contributed by atoms with van der Waals surface area (Å²) in [6.07, 6.45) is 1.47. The first-order valence-corrected chi connectivity index (χ1v) is 5.49. The van der Waals surface area contributed by atoms with Gasteiger partial charge in [0.1, 0.15) is 6.04 Å². The summed E-state index contributed by atoms with van der Waals surface area (Å²) in [5, 5.41) is 0.673. The number of benzene rings is 1. The first-order valence-electron chi connectivity index (χ1n) is 5.12. The minimum atomic E-state index is -0.365. The summed E-state index contributed by atoms with van der Waals surface area (Å²) in [4.78, 5) is 15.7. The van der Waals surface area contributed by atoms with Crippen molar-refractivity contribution in [3.05, 3.63) is 34.9 Å². The molecule has 4 heteroatoms. The molecule has 1 aliphatic rings. The molecule has 0 saturated carbocycles. The summed E-state index contributed by atoms with van der Waals surface area (Å²) in [7, 11) is 1.38. The van der Waals surface area contributed by atoms with E-state index in [2.05, 4.69) is 9.73 Å². The highest BCUT2D eigenvalue weighted by atomic mass is 35.5. The molecule has 1 aromatic rings. The maximum Gasteiger partial charge on any atom is 0.330 e. The van der Waals surface area contributed by atoms with Crippen LogP contribution >= 0.6 is 11.6 Å². The highest BCUT2D eigenvalue weighted by Gasteiger charge is 2.26. The number of methoxy groups -OCH3 is 1. The van der Waals surface area contributed by atoms with Gasteiger partial charge in [-0.2, -0.15) is 0 Å². The molecule has 1 aromatic carbocycles. The number of esters is 1. The molecule has 0 saturated heterocycles. The van der Waals surface area contributed by atoms with Crippen LogP contribution in [0.1, 0.15) is 18.4 Å². The van der Waals surface area contributed by atoms with E-state index in [0.717, 1.165) is 17.7 Å². The third-order valence-corrected chi connectivity index (χ3v) is 2.95. The highest BCUT2D eigenvalue weighted by Crippen LogP contribution is 2.24. The summed E-state index contributed by atoms with van der Waals surface area (Å²) in [6, 6.07) is 7.16. The molecule has 1 aliphatic heterocycles. The van der Waals surface area contributed by atoms with Crippen LogP contribution < -0.4 is 0 Å². The first-order chi connectivity index (χ1) is 7.72.